The van der Waals surface area contributed by atoms with Gasteiger partial charge in [-0.25, -0.2) is 0 Å². The van der Waals surface area contributed by atoms with Gasteiger partial charge < -0.3 is 18.2 Å². The molecule has 12 aromatic carbocycles. The summed E-state index contributed by atoms with van der Waals surface area (Å²) < 4.78 is 20.2. The summed E-state index contributed by atoms with van der Waals surface area (Å²) in [6.45, 7) is 31.0. The van der Waals surface area contributed by atoms with Crippen molar-refractivity contribution >= 4 is 82.9 Å². The fourth-order valence-corrected chi connectivity index (χ4v) is 18.9. The van der Waals surface area contributed by atoms with Gasteiger partial charge in [0.05, 0.1) is 0 Å². The van der Waals surface area contributed by atoms with E-state index >= 15 is 0 Å². The second kappa shape index (κ2) is 17.5. The molecule has 20 rings (SSSR count). The maximum atomic E-state index is 7.04. The van der Waals surface area contributed by atoms with Crippen LogP contribution in [0.1, 0.15) is 142 Å². The number of para-hydroxylation sites is 3. The Hall–Kier alpha value is -10.2. The van der Waals surface area contributed by atoms with Gasteiger partial charge >= 0.3 is 0 Å². The van der Waals surface area contributed by atoms with E-state index in [2.05, 4.69) is 289 Å². The molecule has 0 spiro atoms. The Bertz CT molecular complexity index is 5810. The Morgan fingerprint density at radius 3 is 1.11 bits per heavy atom. The van der Waals surface area contributed by atoms with Gasteiger partial charge in [-0.15, -0.1) is 0 Å². The number of anilines is 3. The predicted octanol–water partition coefficient (Wildman–Crippen LogP) is 25.0. The largest absolute Gasteiger partial charge is 0.456 e. The minimum Gasteiger partial charge on any atom is -0.456 e. The summed E-state index contributed by atoms with van der Waals surface area (Å²) >= 11 is 0. The summed E-state index contributed by atoms with van der Waals surface area (Å²) in [6, 6.07) is 74.2. The molecule has 15 aromatic rings. The van der Waals surface area contributed by atoms with E-state index in [4.69, 9.17) is 13.3 Å². The highest BCUT2D eigenvalue weighted by atomic mass is 16.3. The molecule has 4 heteroatoms. The van der Waals surface area contributed by atoms with Gasteiger partial charge in [0.25, 0.3) is 0 Å². The molecule has 5 aliphatic rings. The molecule has 0 unspecified atom stereocenters. The van der Waals surface area contributed by atoms with Crippen LogP contribution in [0, 0.1) is 20.8 Å². The third-order valence-electron chi connectivity index (χ3n) is 24.1. The number of fused-ring (bicyclic) bond motifs is 27. The van der Waals surface area contributed by atoms with Crippen LogP contribution in [0.3, 0.4) is 0 Å². The SMILES string of the molecule is Cc1cc(C)c(-c2cc3c(c4c2oc2ccccc24)-c2ccc(N(c4ccc5c(c4)C(C)(C)c4cc6c(cc4-5)C(C)(C)c4ccc5oc7ccccc7c5c4-6)c4ccc5c(c4)C(C)(C)c4cc6c(cc4-5)C(C)(C)c4ccc5oc7ccccc7c5c4-6)cc2C3(C)C)cc1C. The van der Waals surface area contributed by atoms with Crippen LogP contribution in [-0.4, -0.2) is 0 Å². The van der Waals surface area contributed by atoms with Crippen molar-refractivity contribution in [1.29, 1.82) is 0 Å². The van der Waals surface area contributed by atoms with Crippen LogP contribution in [-0.2, 0) is 27.1 Å². The zero-order chi connectivity index (χ0) is 63.9. The normalized spacial score (nSPS) is 16.4. The van der Waals surface area contributed by atoms with Gasteiger partial charge in [-0.1, -0.05) is 166 Å². The van der Waals surface area contributed by atoms with E-state index in [1.54, 1.807) is 0 Å². The summed E-state index contributed by atoms with van der Waals surface area (Å²) in [5, 5.41) is 7.12. The highest BCUT2D eigenvalue weighted by Crippen LogP contribution is 2.63. The van der Waals surface area contributed by atoms with Crippen LogP contribution in [0.4, 0.5) is 17.1 Å². The number of nitrogens with zero attached hydrogens (tertiary/aromatic N) is 1. The van der Waals surface area contributed by atoms with Gasteiger partial charge in [0.2, 0.25) is 0 Å². The summed E-state index contributed by atoms with van der Waals surface area (Å²) in [6.07, 6.45) is 0. The first-order valence-electron chi connectivity index (χ1n) is 33.7. The number of furan rings is 3. The average Bonchev–Trinajstić information content (AvgIpc) is 1.54. The molecule has 0 aliphatic heterocycles. The number of rotatable bonds is 4. The number of aryl methyl sites for hydroxylation is 3. The average molecular weight is 1210 g/mol. The zero-order valence-corrected chi connectivity index (χ0v) is 55.6. The van der Waals surface area contributed by atoms with E-state index in [9.17, 15) is 0 Å². The molecule has 0 radical (unpaired) electrons. The molecular formula is C90H71NO3. The highest BCUT2D eigenvalue weighted by molar-refractivity contribution is 6.20. The first-order valence-corrected chi connectivity index (χ1v) is 33.7. The van der Waals surface area contributed by atoms with E-state index < -0.39 is 0 Å². The Morgan fingerprint density at radius 2 is 0.606 bits per heavy atom. The quantitative estimate of drug-likeness (QED) is 0.176. The summed E-state index contributed by atoms with van der Waals surface area (Å²) in [7, 11) is 0. The molecule has 0 saturated carbocycles. The van der Waals surface area contributed by atoms with Crippen LogP contribution < -0.4 is 4.90 Å². The van der Waals surface area contributed by atoms with Gasteiger partial charge in [-0.3, -0.25) is 0 Å². The minimum atomic E-state index is -0.368. The summed E-state index contributed by atoms with van der Waals surface area (Å²) in [4.78, 5) is 2.57. The Kier molecular flexibility index (Phi) is 10.2. The van der Waals surface area contributed by atoms with Crippen molar-refractivity contribution in [2.24, 2.45) is 0 Å². The zero-order valence-electron chi connectivity index (χ0n) is 55.6. The molecule has 3 heterocycles. The summed E-state index contributed by atoms with van der Waals surface area (Å²) in [5.41, 5.74) is 40.3. The van der Waals surface area contributed by atoms with E-state index in [0.29, 0.717) is 0 Å². The molecule has 94 heavy (non-hydrogen) atoms. The lowest BCUT2D eigenvalue weighted by Crippen LogP contribution is -2.19. The van der Waals surface area contributed by atoms with Crippen molar-refractivity contribution in [2.75, 3.05) is 4.90 Å². The predicted molar refractivity (Wildman–Crippen MR) is 390 cm³/mol. The molecule has 0 amide bonds. The van der Waals surface area contributed by atoms with Gasteiger partial charge in [0, 0.05) is 82.0 Å². The maximum Gasteiger partial charge on any atom is 0.143 e. The van der Waals surface area contributed by atoms with E-state index in [1.807, 2.05) is 0 Å². The van der Waals surface area contributed by atoms with Crippen LogP contribution in [0.15, 0.2) is 207 Å². The molecule has 4 nitrogen and oxygen atoms in total. The minimum absolute atomic E-state index is 0.212. The third kappa shape index (κ3) is 6.64. The monoisotopic (exact) mass is 1210 g/mol. The van der Waals surface area contributed by atoms with Crippen LogP contribution >= 0.6 is 0 Å². The molecule has 0 atom stereocenters. The topological polar surface area (TPSA) is 42.7 Å². The second-order valence-electron chi connectivity index (χ2n) is 30.9. The molecule has 0 saturated heterocycles. The van der Waals surface area contributed by atoms with Gasteiger partial charge in [-0.2, -0.15) is 0 Å². The third-order valence-corrected chi connectivity index (χ3v) is 24.1. The summed E-state index contributed by atoms with van der Waals surface area (Å²) in [5.74, 6) is 0. The van der Waals surface area contributed by atoms with Crippen LogP contribution in [0.25, 0.3) is 133 Å². The Labute approximate surface area is 548 Å². The number of hydrogen-bond donors (Lipinski definition) is 0. The highest BCUT2D eigenvalue weighted by Gasteiger charge is 2.47. The first-order chi connectivity index (χ1) is 45.1. The lowest BCUT2D eigenvalue weighted by molar-refractivity contribution is 0.650. The number of benzene rings is 12. The molecule has 5 aliphatic carbocycles. The van der Waals surface area contributed by atoms with E-state index in [1.165, 1.54) is 160 Å². The second-order valence-corrected chi connectivity index (χ2v) is 30.9. The van der Waals surface area contributed by atoms with Crippen molar-refractivity contribution in [3.8, 4) is 66.8 Å². The van der Waals surface area contributed by atoms with Gasteiger partial charge in [0.1, 0.15) is 33.5 Å². The van der Waals surface area contributed by atoms with Crippen molar-refractivity contribution in [1.82, 2.24) is 0 Å². The molecule has 0 bridgehead atoms. The lowest BCUT2D eigenvalue weighted by Gasteiger charge is -2.31. The van der Waals surface area contributed by atoms with Crippen molar-refractivity contribution in [3.63, 3.8) is 0 Å². The standard InChI is InChI=1S/C90H71NO3/c1-46-36-48(3)58(37-47(46)2)61-43-73-79(84-57-22-16-19-25-76(57)94-85(61)84)54-31-28-51(40-68(54)90(73,12)13)91(49-26-29-52-59-41-71-62(44-69(59)88(8,9)66(52)38-49)80-64(86(71,4)5)32-34-77-82(80)55-20-14-17-23-74(55)92-77)50-27-30-53-60-42-72-63(45-70(60)89(10,11)67(53)39-50)81-65(87(72,6)7)33-35-78-83(81)56-21-15-18-24-75(56)93-78/h14-45H,1-13H3. The fourth-order valence-electron chi connectivity index (χ4n) is 18.9. The van der Waals surface area contributed by atoms with Crippen molar-refractivity contribution in [3.05, 3.63) is 266 Å². The molecule has 0 N–H and O–H groups in total. The number of hydrogen-bond acceptors (Lipinski definition) is 4. The van der Waals surface area contributed by atoms with Gasteiger partial charge in [0.15, 0.2) is 0 Å². The molecule has 454 valence electrons. The molecule has 0 fully saturated rings. The van der Waals surface area contributed by atoms with Crippen LogP contribution in [0.2, 0.25) is 0 Å². The lowest BCUT2D eigenvalue weighted by atomic mass is 9.79. The van der Waals surface area contributed by atoms with Crippen LogP contribution in [0.5, 0.6) is 0 Å². The Balaban J connectivity index is 0.777. The van der Waals surface area contributed by atoms with Crippen molar-refractivity contribution < 1.29 is 13.3 Å². The smallest absolute Gasteiger partial charge is 0.143 e. The first kappa shape index (κ1) is 54.4. The Morgan fingerprint density at radius 1 is 0.245 bits per heavy atom. The maximum absolute atomic E-state index is 7.04. The fraction of sp³-hybridized carbons (Fsp3) is 0.200. The molecular weight excluding hydrogens is 1140 g/mol. The van der Waals surface area contributed by atoms with E-state index in [0.717, 1.165) is 61.5 Å². The van der Waals surface area contributed by atoms with Gasteiger partial charge in [-0.05, 0) is 251 Å². The molecule has 3 aromatic heterocycles. The van der Waals surface area contributed by atoms with E-state index in [-0.39, 0.29) is 27.1 Å². The van der Waals surface area contributed by atoms with Crippen molar-refractivity contribution in [2.45, 2.75) is 117 Å².